The minimum atomic E-state index is -1.31. The summed E-state index contributed by atoms with van der Waals surface area (Å²) >= 11 is 7.76. The number of aromatic carboxylic acids is 1. The topological polar surface area (TPSA) is 93.4 Å². The predicted octanol–water partition coefficient (Wildman–Crippen LogP) is 1.42. The quantitative estimate of drug-likeness (QED) is 0.173. The molecule has 1 aliphatic carbocycles. The summed E-state index contributed by atoms with van der Waals surface area (Å²) in [7, 11) is 0. The van der Waals surface area contributed by atoms with Crippen LogP contribution in [-0.2, 0) is 0 Å². The number of benzene rings is 3. The average Bonchev–Trinajstić information content (AvgIpc) is 2.69. The first-order valence-corrected chi connectivity index (χ1v) is 12.3. The molecule has 4 rings (SSSR count). The van der Waals surface area contributed by atoms with Gasteiger partial charge in [0.25, 0.3) is 0 Å². The van der Waals surface area contributed by atoms with Crippen molar-refractivity contribution >= 4 is 107 Å². The fourth-order valence-corrected chi connectivity index (χ4v) is 6.73. The molecule has 0 bridgehead atoms. The summed E-state index contributed by atoms with van der Waals surface area (Å²) < 4.78 is 7.79. The van der Waals surface area contributed by atoms with Gasteiger partial charge in [-0.25, -0.2) is 0 Å². The van der Waals surface area contributed by atoms with Crippen LogP contribution in [0.15, 0.2) is 45.6 Å². The SMILES string of the molecule is O=C([O-])c1ccccc1-c1c2cc(I)c(=O)c(I)c-2oc2c(I)c([O-])c(I)cc12.[Na+]. The number of carbonyl (C=O) groups excluding carboxylic acids is 1. The van der Waals surface area contributed by atoms with Crippen molar-refractivity contribution in [1.29, 1.82) is 0 Å². The first-order chi connectivity index (χ1) is 13.7. The molecular weight excluding hydrogens is 851 g/mol. The van der Waals surface area contributed by atoms with Gasteiger partial charge in [0, 0.05) is 29.2 Å². The number of carboxylic acids is 1. The number of halogens is 4. The molecule has 0 N–H and O–H groups in total. The van der Waals surface area contributed by atoms with Gasteiger partial charge < -0.3 is 19.4 Å². The van der Waals surface area contributed by atoms with Gasteiger partial charge in [-0.2, -0.15) is 0 Å². The summed E-state index contributed by atoms with van der Waals surface area (Å²) in [5.41, 5.74) is 1.80. The molecule has 0 radical (unpaired) electrons. The maximum Gasteiger partial charge on any atom is 1.00 e. The van der Waals surface area contributed by atoms with E-state index >= 15 is 0 Å². The zero-order valence-corrected chi connectivity index (χ0v) is 25.6. The summed E-state index contributed by atoms with van der Waals surface area (Å²) in [6, 6.07) is 9.90. The first kappa shape index (κ1) is 25.0. The molecule has 0 saturated carbocycles. The molecule has 0 atom stereocenters. The van der Waals surface area contributed by atoms with Crippen LogP contribution >= 0.6 is 90.4 Å². The van der Waals surface area contributed by atoms with Crippen LogP contribution in [0, 0.1) is 14.3 Å². The Kier molecular flexibility index (Phi) is 8.04. The summed E-state index contributed by atoms with van der Waals surface area (Å²) in [4.78, 5) is 24.3. The second-order valence-electron chi connectivity index (χ2n) is 6.07. The Bertz CT molecular complexity index is 1370. The zero-order chi connectivity index (χ0) is 21.0. The molecule has 5 nitrogen and oxygen atoms in total. The molecule has 0 spiro atoms. The summed E-state index contributed by atoms with van der Waals surface area (Å²) in [6.45, 7) is 0. The van der Waals surface area contributed by atoms with Gasteiger partial charge in [-0.05, 0) is 108 Å². The van der Waals surface area contributed by atoms with E-state index in [9.17, 15) is 19.8 Å². The van der Waals surface area contributed by atoms with Crippen molar-refractivity contribution in [3.8, 4) is 28.2 Å². The molecule has 2 aromatic carbocycles. The number of carboxylic acid groups (broad SMARTS) is 1. The minimum absolute atomic E-state index is 0. The smallest absolute Gasteiger partial charge is 0.871 e. The molecule has 2 aromatic rings. The van der Waals surface area contributed by atoms with Crippen molar-refractivity contribution in [3.63, 3.8) is 0 Å². The van der Waals surface area contributed by atoms with Crippen molar-refractivity contribution in [2.45, 2.75) is 0 Å². The molecular formula is C20H6I4NaO5-. The van der Waals surface area contributed by atoms with Crippen molar-refractivity contribution in [2.24, 2.45) is 0 Å². The van der Waals surface area contributed by atoms with Gasteiger partial charge >= 0.3 is 29.6 Å². The Morgan fingerprint density at radius 1 is 0.933 bits per heavy atom. The van der Waals surface area contributed by atoms with Crippen LogP contribution in [0.5, 0.6) is 5.75 Å². The third kappa shape index (κ3) is 4.16. The Morgan fingerprint density at radius 3 is 2.27 bits per heavy atom. The number of fused-ring (bicyclic) bond motifs is 2. The fraction of sp³-hybridized carbons (Fsp3) is 0. The maximum absolute atomic E-state index is 12.5. The molecule has 2 aliphatic rings. The maximum atomic E-state index is 12.5. The van der Waals surface area contributed by atoms with E-state index in [1.54, 1.807) is 30.3 Å². The minimum Gasteiger partial charge on any atom is -0.871 e. The van der Waals surface area contributed by atoms with Gasteiger partial charge in [-0.3, -0.25) is 4.79 Å². The monoisotopic (exact) mass is 857 g/mol. The molecule has 0 amide bonds. The van der Waals surface area contributed by atoms with Crippen molar-refractivity contribution in [2.75, 3.05) is 0 Å². The predicted molar refractivity (Wildman–Crippen MR) is 139 cm³/mol. The molecule has 30 heavy (non-hydrogen) atoms. The van der Waals surface area contributed by atoms with E-state index in [2.05, 4.69) is 0 Å². The largest absolute Gasteiger partial charge is 1.00 e. The van der Waals surface area contributed by atoms with Gasteiger partial charge in [0.1, 0.15) is 9.15 Å². The van der Waals surface area contributed by atoms with Crippen LogP contribution in [0.25, 0.3) is 33.4 Å². The van der Waals surface area contributed by atoms with Gasteiger partial charge in [-0.1, -0.05) is 30.0 Å². The molecule has 0 aromatic heterocycles. The number of carbonyl (C=O) groups is 1. The van der Waals surface area contributed by atoms with Crippen molar-refractivity contribution < 1.29 is 49.0 Å². The van der Waals surface area contributed by atoms with Gasteiger partial charge in [0.05, 0.1) is 9.54 Å². The molecule has 10 heteroatoms. The third-order valence-corrected chi connectivity index (χ3v) is 7.98. The van der Waals surface area contributed by atoms with E-state index in [-0.39, 0.29) is 46.3 Å². The van der Waals surface area contributed by atoms with E-state index in [0.29, 0.717) is 47.7 Å². The Morgan fingerprint density at radius 2 is 1.60 bits per heavy atom. The second-order valence-corrected chi connectivity index (χ2v) is 10.5. The van der Waals surface area contributed by atoms with Crippen LogP contribution in [0.1, 0.15) is 10.4 Å². The summed E-state index contributed by atoms with van der Waals surface area (Å²) in [6.07, 6.45) is 0. The Labute approximate surface area is 247 Å². The normalized spacial score (nSPS) is 10.9. The van der Waals surface area contributed by atoms with Crippen LogP contribution < -0.4 is 45.2 Å². The van der Waals surface area contributed by atoms with Crippen LogP contribution in [0.2, 0.25) is 0 Å². The van der Waals surface area contributed by atoms with E-state index in [1.807, 2.05) is 90.4 Å². The van der Waals surface area contributed by atoms with E-state index in [0.717, 1.165) is 0 Å². The zero-order valence-electron chi connectivity index (χ0n) is 15.0. The second kappa shape index (κ2) is 9.67. The van der Waals surface area contributed by atoms with Gasteiger partial charge in [-0.15, -0.1) is 0 Å². The van der Waals surface area contributed by atoms with Gasteiger partial charge in [0.2, 0.25) is 5.43 Å². The molecule has 1 heterocycles. The van der Waals surface area contributed by atoms with Gasteiger partial charge in [0.15, 0.2) is 5.76 Å². The van der Waals surface area contributed by atoms with Crippen LogP contribution in [-0.4, -0.2) is 5.97 Å². The molecule has 0 unspecified atom stereocenters. The number of hydrogen-bond acceptors (Lipinski definition) is 5. The fourth-order valence-electron chi connectivity index (χ4n) is 3.16. The van der Waals surface area contributed by atoms with E-state index in [4.69, 9.17) is 4.42 Å². The summed E-state index contributed by atoms with van der Waals surface area (Å²) in [5, 5.41) is 24.9. The average molecular weight is 857 g/mol. The number of rotatable bonds is 2. The standard InChI is InChI=1S/C20H8I4O5.Na/c21-11-5-9-13(7-3-1-2-4-8(7)20(27)28)10-6-12(22)17(26)15(24)19(10)29-18(9)14(23)16(11)25;/h1-6,25H,(H,27,28);/q;+1/p-2. The summed E-state index contributed by atoms with van der Waals surface area (Å²) in [5.74, 6) is -1.16. The van der Waals surface area contributed by atoms with E-state index in [1.165, 1.54) is 6.07 Å². The molecule has 1 aliphatic heterocycles. The molecule has 0 fully saturated rings. The molecule has 0 saturated heterocycles. The third-order valence-electron chi connectivity index (χ3n) is 4.42. The first-order valence-electron chi connectivity index (χ1n) is 7.96. The van der Waals surface area contributed by atoms with Crippen LogP contribution in [0.3, 0.4) is 0 Å². The Balaban J connectivity index is 0.00000256. The number of hydrogen-bond donors (Lipinski definition) is 0. The van der Waals surface area contributed by atoms with Crippen LogP contribution in [0.4, 0.5) is 0 Å². The van der Waals surface area contributed by atoms with Crippen molar-refractivity contribution in [3.05, 3.63) is 66.5 Å². The van der Waals surface area contributed by atoms with E-state index < -0.39 is 5.97 Å². The molecule has 146 valence electrons. The van der Waals surface area contributed by atoms with Crippen molar-refractivity contribution in [1.82, 2.24) is 0 Å². The Hall–Kier alpha value is 0.320.